The van der Waals surface area contributed by atoms with Crippen LogP contribution >= 0.6 is 0 Å². The van der Waals surface area contributed by atoms with Crippen LogP contribution in [-0.4, -0.2) is 31.1 Å². The Hall–Kier alpha value is -1.46. The van der Waals surface area contributed by atoms with Crippen LogP contribution in [0.4, 0.5) is 30.7 Å². The lowest BCUT2D eigenvalue weighted by Crippen LogP contribution is -2.51. The molecule has 0 N–H and O–H groups in total. The van der Waals surface area contributed by atoms with Crippen molar-refractivity contribution in [2.45, 2.75) is 18.0 Å². The van der Waals surface area contributed by atoms with Gasteiger partial charge in [-0.2, -0.15) is 30.7 Å². The zero-order valence-electron chi connectivity index (χ0n) is 7.46. The summed E-state index contributed by atoms with van der Waals surface area (Å²) in [6.07, 6.45) is -6.47. The SMILES string of the molecule is COC(=O)C#CC(F)(F)C(F)(F)C(F)(F)F. The Morgan fingerprint density at radius 2 is 1.50 bits per heavy atom. The Labute approximate surface area is 84.4 Å². The second-order valence-corrected chi connectivity index (χ2v) is 2.39. The lowest BCUT2D eigenvalue weighted by Gasteiger charge is -2.23. The molecular weight excluding hydrogens is 249 g/mol. The number of ether oxygens (including phenoxy) is 1. The number of methoxy groups -OCH3 is 1. The molecule has 0 spiro atoms. The van der Waals surface area contributed by atoms with Crippen molar-refractivity contribution >= 4 is 5.97 Å². The van der Waals surface area contributed by atoms with Gasteiger partial charge in [-0.1, -0.05) is 0 Å². The predicted molar refractivity (Wildman–Crippen MR) is 35.7 cm³/mol. The summed E-state index contributed by atoms with van der Waals surface area (Å²) in [5.41, 5.74) is 0. The normalized spacial score (nSPS) is 12.8. The van der Waals surface area contributed by atoms with Gasteiger partial charge in [0, 0.05) is 5.92 Å². The standard InChI is InChI=1S/C7H3F7O2/c1-16-4(15)2-3-5(8,9)6(10,11)7(12,13)14/h1H3. The van der Waals surface area contributed by atoms with E-state index in [0.717, 1.165) is 5.92 Å². The molecule has 0 saturated heterocycles. The second kappa shape index (κ2) is 4.19. The minimum atomic E-state index is -6.47. The number of hydrogen-bond acceptors (Lipinski definition) is 2. The van der Waals surface area contributed by atoms with Crippen molar-refractivity contribution in [1.29, 1.82) is 0 Å². The number of halogens is 7. The van der Waals surface area contributed by atoms with Crippen LogP contribution in [0.15, 0.2) is 0 Å². The van der Waals surface area contributed by atoms with Crippen molar-refractivity contribution in [2.75, 3.05) is 7.11 Å². The van der Waals surface area contributed by atoms with Crippen LogP contribution in [0.1, 0.15) is 0 Å². The molecule has 0 aromatic rings. The molecule has 0 aliphatic rings. The van der Waals surface area contributed by atoms with Gasteiger partial charge in [0.2, 0.25) is 0 Å². The molecule has 92 valence electrons. The monoisotopic (exact) mass is 252 g/mol. The van der Waals surface area contributed by atoms with E-state index in [1.54, 1.807) is 0 Å². The highest BCUT2D eigenvalue weighted by Crippen LogP contribution is 2.45. The van der Waals surface area contributed by atoms with Gasteiger partial charge in [-0.15, -0.1) is 0 Å². The fraction of sp³-hybridized carbons (Fsp3) is 0.571. The first kappa shape index (κ1) is 14.5. The Bertz CT molecular complexity index is 333. The zero-order chi connectivity index (χ0) is 13.2. The number of rotatable bonds is 1. The van der Waals surface area contributed by atoms with Crippen LogP contribution in [0, 0.1) is 11.8 Å². The third-order valence-electron chi connectivity index (χ3n) is 1.26. The maximum Gasteiger partial charge on any atom is 0.461 e. The summed E-state index contributed by atoms with van der Waals surface area (Å²) in [5.74, 6) is -12.7. The molecule has 0 saturated carbocycles. The Balaban J connectivity index is 5.19. The largest absolute Gasteiger partial charge is 0.461 e. The first-order valence-corrected chi connectivity index (χ1v) is 3.39. The molecule has 0 aromatic carbocycles. The van der Waals surface area contributed by atoms with E-state index in [9.17, 15) is 35.5 Å². The number of carbonyl (C=O) groups is 1. The average Bonchev–Trinajstić information content (AvgIpc) is 2.12. The first-order chi connectivity index (χ1) is 6.95. The summed E-state index contributed by atoms with van der Waals surface area (Å²) in [5, 5.41) is 0. The summed E-state index contributed by atoms with van der Waals surface area (Å²) in [4.78, 5) is 10.2. The van der Waals surface area contributed by atoms with E-state index >= 15 is 0 Å². The molecule has 2 nitrogen and oxygen atoms in total. The molecule has 0 aliphatic heterocycles. The lowest BCUT2D eigenvalue weighted by atomic mass is 10.1. The van der Waals surface area contributed by atoms with Crippen LogP contribution in [0.5, 0.6) is 0 Å². The second-order valence-electron chi connectivity index (χ2n) is 2.39. The third kappa shape index (κ3) is 2.77. The van der Waals surface area contributed by atoms with E-state index in [0.29, 0.717) is 7.11 Å². The van der Waals surface area contributed by atoms with E-state index in [2.05, 4.69) is 4.74 Å². The van der Waals surface area contributed by atoms with E-state index in [4.69, 9.17) is 0 Å². The van der Waals surface area contributed by atoms with Crippen molar-refractivity contribution in [1.82, 2.24) is 0 Å². The predicted octanol–water partition coefficient (Wildman–Crippen LogP) is 2.00. The minimum absolute atomic E-state index is 0.229. The molecule has 0 radical (unpaired) electrons. The summed E-state index contributed by atoms with van der Waals surface area (Å²) in [6, 6.07) is 0. The van der Waals surface area contributed by atoms with Gasteiger partial charge in [0.05, 0.1) is 7.11 Å². The van der Waals surface area contributed by atoms with Gasteiger partial charge in [-0.25, -0.2) is 4.79 Å². The molecule has 0 amide bonds. The van der Waals surface area contributed by atoms with Crippen molar-refractivity contribution in [3.8, 4) is 11.8 Å². The smallest absolute Gasteiger partial charge is 0.459 e. The summed E-state index contributed by atoms with van der Waals surface area (Å²) >= 11 is 0. The van der Waals surface area contributed by atoms with Gasteiger partial charge in [0.25, 0.3) is 0 Å². The first-order valence-electron chi connectivity index (χ1n) is 3.39. The van der Waals surface area contributed by atoms with E-state index in [-0.39, 0.29) is 5.92 Å². The van der Waals surface area contributed by atoms with Crippen LogP contribution in [0.25, 0.3) is 0 Å². The van der Waals surface area contributed by atoms with Crippen molar-refractivity contribution in [3.05, 3.63) is 0 Å². The van der Waals surface area contributed by atoms with Gasteiger partial charge in [-0.05, 0) is 5.92 Å². The Morgan fingerprint density at radius 3 is 1.81 bits per heavy atom. The molecule has 16 heavy (non-hydrogen) atoms. The van der Waals surface area contributed by atoms with Crippen molar-refractivity contribution in [2.24, 2.45) is 0 Å². The van der Waals surface area contributed by atoms with Crippen LogP contribution in [-0.2, 0) is 9.53 Å². The molecule has 0 atom stereocenters. The van der Waals surface area contributed by atoms with Crippen molar-refractivity contribution in [3.63, 3.8) is 0 Å². The lowest BCUT2D eigenvalue weighted by molar-refractivity contribution is -0.339. The molecular formula is C7H3F7O2. The summed E-state index contributed by atoms with van der Waals surface area (Å²) in [6.45, 7) is 0. The molecule has 0 fully saturated rings. The number of carbonyl (C=O) groups excluding carboxylic acids is 1. The highest BCUT2D eigenvalue weighted by molar-refractivity contribution is 5.88. The van der Waals surface area contributed by atoms with Crippen LogP contribution in [0.3, 0.4) is 0 Å². The summed E-state index contributed by atoms with van der Waals surface area (Å²) in [7, 11) is 0.692. The topological polar surface area (TPSA) is 26.3 Å². The fourth-order valence-electron chi connectivity index (χ4n) is 0.437. The number of alkyl halides is 7. The molecule has 0 unspecified atom stereocenters. The van der Waals surface area contributed by atoms with Gasteiger partial charge in [-0.3, -0.25) is 0 Å². The Kier molecular flexibility index (Phi) is 3.81. The molecule has 0 bridgehead atoms. The van der Waals surface area contributed by atoms with E-state index in [1.165, 1.54) is 0 Å². The number of hydrogen-bond donors (Lipinski definition) is 0. The van der Waals surface area contributed by atoms with Crippen molar-refractivity contribution < 1.29 is 40.3 Å². The van der Waals surface area contributed by atoms with E-state index < -0.39 is 24.0 Å². The minimum Gasteiger partial charge on any atom is -0.459 e. The van der Waals surface area contributed by atoms with Crippen LogP contribution < -0.4 is 0 Å². The third-order valence-corrected chi connectivity index (χ3v) is 1.26. The Morgan fingerprint density at radius 1 is 1.06 bits per heavy atom. The highest BCUT2D eigenvalue weighted by Gasteiger charge is 2.72. The van der Waals surface area contributed by atoms with Gasteiger partial charge in [0.15, 0.2) is 0 Å². The fourth-order valence-corrected chi connectivity index (χ4v) is 0.437. The molecule has 0 rings (SSSR count). The highest BCUT2D eigenvalue weighted by atomic mass is 19.4. The maximum atomic E-state index is 12.3. The van der Waals surface area contributed by atoms with Gasteiger partial charge in [0.1, 0.15) is 0 Å². The maximum absolute atomic E-state index is 12.3. The van der Waals surface area contributed by atoms with Gasteiger partial charge < -0.3 is 4.74 Å². The molecule has 0 heterocycles. The number of esters is 1. The molecule has 0 aromatic heterocycles. The zero-order valence-corrected chi connectivity index (χ0v) is 7.46. The van der Waals surface area contributed by atoms with E-state index in [1.807, 2.05) is 0 Å². The average molecular weight is 252 g/mol. The van der Waals surface area contributed by atoms with Gasteiger partial charge >= 0.3 is 24.0 Å². The summed E-state index contributed by atoms with van der Waals surface area (Å²) < 4.78 is 87.2. The molecule has 0 aliphatic carbocycles. The quantitative estimate of drug-likeness (QED) is 0.309. The molecule has 9 heteroatoms. The van der Waals surface area contributed by atoms with Crippen LogP contribution in [0.2, 0.25) is 0 Å².